The van der Waals surface area contributed by atoms with E-state index >= 15 is 0 Å². The summed E-state index contributed by atoms with van der Waals surface area (Å²) in [7, 11) is 1.63. The Balaban J connectivity index is 2.04. The lowest BCUT2D eigenvalue weighted by molar-refractivity contribution is -0.0168. The third-order valence-electron chi connectivity index (χ3n) is 2.28. The molecule has 2 heterocycles. The molecule has 2 rings (SSSR count). The van der Waals surface area contributed by atoms with E-state index in [1.165, 1.54) is 0 Å². The molecule has 4 heteroatoms. The zero-order chi connectivity index (χ0) is 7.84. The van der Waals surface area contributed by atoms with Crippen molar-refractivity contribution < 1.29 is 19.3 Å². The quantitative estimate of drug-likeness (QED) is 0.543. The molecule has 1 N–H and O–H groups in total. The van der Waals surface area contributed by atoms with Crippen molar-refractivity contribution in [2.45, 2.75) is 24.4 Å². The van der Waals surface area contributed by atoms with E-state index in [0.717, 1.165) is 0 Å². The first kappa shape index (κ1) is 7.49. The van der Waals surface area contributed by atoms with Crippen LogP contribution in [0.15, 0.2) is 0 Å². The summed E-state index contributed by atoms with van der Waals surface area (Å²) in [6.07, 6.45) is -0.702. The molecular formula is C7H12O4. The van der Waals surface area contributed by atoms with Gasteiger partial charge in [-0.2, -0.15) is 0 Å². The van der Waals surface area contributed by atoms with Crippen LogP contribution in [0.1, 0.15) is 0 Å². The number of aliphatic hydroxyl groups is 1. The number of methoxy groups -OCH3 is 1. The Hall–Kier alpha value is -0.160. The first-order valence-electron chi connectivity index (χ1n) is 3.77. The second kappa shape index (κ2) is 2.71. The van der Waals surface area contributed by atoms with Gasteiger partial charge in [-0.3, -0.25) is 0 Å². The van der Waals surface area contributed by atoms with Crippen LogP contribution in [-0.2, 0) is 14.2 Å². The highest BCUT2D eigenvalue weighted by atomic mass is 16.6. The number of hydrogen-bond donors (Lipinski definition) is 1. The molecule has 0 spiro atoms. The maximum absolute atomic E-state index is 9.31. The predicted octanol–water partition coefficient (Wildman–Crippen LogP) is -0.840. The average Bonchev–Trinajstić information content (AvgIpc) is 2.53. The van der Waals surface area contributed by atoms with Crippen LogP contribution in [-0.4, -0.2) is 49.8 Å². The van der Waals surface area contributed by atoms with Crippen LogP contribution < -0.4 is 0 Å². The van der Waals surface area contributed by atoms with Crippen LogP contribution in [0.3, 0.4) is 0 Å². The molecule has 4 nitrogen and oxygen atoms in total. The van der Waals surface area contributed by atoms with Gasteiger partial charge in [0.2, 0.25) is 0 Å². The first-order valence-corrected chi connectivity index (χ1v) is 3.77. The highest BCUT2D eigenvalue weighted by molar-refractivity contribution is 4.94. The maximum Gasteiger partial charge on any atom is 0.115 e. The topological polar surface area (TPSA) is 47.9 Å². The highest BCUT2D eigenvalue weighted by Gasteiger charge is 2.47. The fourth-order valence-electron chi connectivity index (χ4n) is 1.65. The van der Waals surface area contributed by atoms with Crippen LogP contribution in [0.25, 0.3) is 0 Å². The van der Waals surface area contributed by atoms with Gasteiger partial charge >= 0.3 is 0 Å². The van der Waals surface area contributed by atoms with Crippen molar-refractivity contribution in [1.82, 2.24) is 0 Å². The molecule has 2 fully saturated rings. The Morgan fingerprint density at radius 3 is 2.73 bits per heavy atom. The van der Waals surface area contributed by atoms with E-state index < -0.39 is 6.10 Å². The van der Waals surface area contributed by atoms with Gasteiger partial charge in [-0.15, -0.1) is 0 Å². The van der Waals surface area contributed by atoms with Crippen molar-refractivity contribution in [3.05, 3.63) is 0 Å². The second-order valence-corrected chi connectivity index (χ2v) is 2.94. The van der Waals surface area contributed by atoms with Gasteiger partial charge in [-0.25, -0.2) is 0 Å². The summed E-state index contributed by atoms with van der Waals surface area (Å²) in [5, 5.41) is 9.31. The van der Waals surface area contributed by atoms with E-state index in [1.54, 1.807) is 7.11 Å². The third kappa shape index (κ3) is 1.06. The number of rotatable bonds is 1. The number of hydrogen-bond acceptors (Lipinski definition) is 4. The van der Waals surface area contributed by atoms with E-state index in [4.69, 9.17) is 14.2 Å². The van der Waals surface area contributed by atoms with Crippen LogP contribution >= 0.6 is 0 Å². The Morgan fingerprint density at radius 2 is 2.00 bits per heavy atom. The van der Waals surface area contributed by atoms with E-state index in [0.29, 0.717) is 13.2 Å². The monoisotopic (exact) mass is 160 g/mol. The average molecular weight is 160 g/mol. The number of fused-ring (bicyclic) bond motifs is 1. The first-order chi connectivity index (χ1) is 5.33. The molecule has 11 heavy (non-hydrogen) atoms. The minimum Gasteiger partial charge on any atom is -0.388 e. The van der Waals surface area contributed by atoms with Gasteiger partial charge < -0.3 is 19.3 Å². The molecule has 0 amide bonds. The molecule has 0 bridgehead atoms. The van der Waals surface area contributed by atoms with Gasteiger partial charge in [0.15, 0.2) is 0 Å². The van der Waals surface area contributed by atoms with E-state index in [-0.39, 0.29) is 18.3 Å². The van der Waals surface area contributed by atoms with E-state index in [2.05, 4.69) is 0 Å². The van der Waals surface area contributed by atoms with Gasteiger partial charge in [0, 0.05) is 7.11 Å². The lowest BCUT2D eigenvalue weighted by Gasteiger charge is -2.12. The summed E-state index contributed by atoms with van der Waals surface area (Å²) in [6.45, 7) is 0.901. The lowest BCUT2D eigenvalue weighted by atomic mass is 10.1. The number of ether oxygens (including phenoxy) is 3. The normalized spacial score (nSPS) is 49.6. The molecule has 0 saturated carbocycles. The molecule has 0 aromatic heterocycles. The maximum atomic E-state index is 9.31. The van der Waals surface area contributed by atoms with E-state index in [9.17, 15) is 5.11 Å². The molecular weight excluding hydrogens is 148 g/mol. The van der Waals surface area contributed by atoms with Crippen LogP contribution in [0.5, 0.6) is 0 Å². The van der Waals surface area contributed by atoms with E-state index in [1.807, 2.05) is 0 Å². The van der Waals surface area contributed by atoms with Crippen LogP contribution in [0.2, 0.25) is 0 Å². The largest absolute Gasteiger partial charge is 0.388 e. The fraction of sp³-hybridized carbons (Fsp3) is 1.00. The van der Waals surface area contributed by atoms with Crippen molar-refractivity contribution in [1.29, 1.82) is 0 Å². The van der Waals surface area contributed by atoms with Gasteiger partial charge in [-0.05, 0) is 0 Å². The Morgan fingerprint density at radius 1 is 1.27 bits per heavy atom. The summed E-state index contributed by atoms with van der Waals surface area (Å²) < 4.78 is 15.7. The highest BCUT2D eigenvalue weighted by Crippen LogP contribution is 2.28. The fourth-order valence-corrected chi connectivity index (χ4v) is 1.65. The van der Waals surface area contributed by atoms with Crippen LogP contribution in [0.4, 0.5) is 0 Å². The minimum absolute atomic E-state index is 0.00264. The zero-order valence-corrected chi connectivity index (χ0v) is 6.40. The van der Waals surface area contributed by atoms with Gasteiger partial charge in [0.1, 0.15) is 24.4 Å². The molecule has 64 valence electrons. The Bertz CT molecular complexity index is 149. The Labute approximate surface area is 65.1 Å². The van der Waals surface area contributed by atoms with Crippen molar-refractivity contribution >= 4 is 0 Å². The van der Waals surface area contributed by atoms with Crippen molar-refractivity contribution in [3.63, 3.8) is 0 Å². The lowest BCUT2D eigenvalue weighted by Crippen LogP contribution is -2.32. The van der Waals surface area contributed by atoms with Crippen LogP contribution in [0, 0.1) is 0 Å². The number of aliphatic hydroxyl groups excluding tert-OH is 1. The molecule has 0 aromatic carbocycles. The van der Waals surface area contributed by atoms with Gasteiger partial charge in [0.25, 0.3) is 0 Å². The molecule has 2 aliphatic heterocycles. The molecule has 0 aromatic rings. The van der Waals surface area contributed by atoms with Gasteiger partial charge in [0.05, 0.1) is 13.2 Å². The molecule has 0 radical (unpaired) electrons. The SMILES string of the molecule is CO[C@@H]1CO[C@@H]2C(O)COC21. The van der Waals surface area contributed by atoms with Crippen molar-refractivity contribution in [2.24, 2.45) is 0 Å². The molecule has 2 saturated heterocycles. The standard InChI is InChI=1S/C7H12O4/c1-9-5-3-11-6-4(8)2-10-7(5)6/h4-8H,2-3H2,1H3/t4?,5-,6-,7?/m1/s1. The van der Waals surface area contributed by atoms with Crippen molar-refractivity contribution in [3.8, 4) is 0 Å². The Kier molecular flexibility index (Phi) is 1.85. The molecule has 4 atom stereocenters. The summed E-state index contributed by atoms with van der Waals surface area (Å²) in [5.41, 5.74) is 0. The van der Waals surface area contributed by atoms with Crippen molar-refractivity contribution in [2.75, 3.05) is 20.3 Å². The second-order valence-electron chi connectivity index (χ2n) is 2.94. The third-order valence-corrected chi connectivity index (χ3v) is 2.28. The van der Waals surface area contributed by atoms with Gasteiger partial charge in [-0.1, -0.05) is 0 Å². The molecule has 2 aliphatic rings. The smallest absolute Gasteiger partial charge is 0.115 e. The molecule has 2 unspecified atom stereocenters. The summed E-state index contributed by atoms with van der Waals surface area (Å²) in [5.74, 6) is 0. The minimum atomic E-state index is -0.472. The molecule has 0 aliphatic carbocycles. The predicted molar refractivity (Wildman–Crippen MR) is 36.3 cm³/mol. The summed E-state index contributed by atoms with van der Waals surface area (Å²) in [4.78, 5) is 0. The summed E-state index contributed by atoms with van der Waals surface area (Å²) in [6, 6.07) is 0. The zero-order valence-electron chi connectivity index (χ0n) is 6.40. The summed E-state index contributed by atoms with van der Waals surface area (Å²) >= 11 is 0.